The fourth-order valence-corrected chi connectivity index (χ4v) is 2.45. The standard InChI is InChI=1S/C21H24N2O5/c1-3-27-14-20(25)28-13-19(24)23-18-12-8-7-11-17(18)21(26)22-15(2)16-9-5-4-6-10-16/h4-12,15H,3,13-14H2,1-2H3,(H,22,26)(H,23,24). The molecule has 0 aliphatic rings. The highest BCUT2D eigenvalue weighted by Gasteiger charge is 2.16. The smallest absolute Gasteiger partial charge is 0.332 e. The van der Waals surface area contributed by atoms with Crippen LogP contribution >= 0.6 is 0 Å². The van der Waals surface area contributed by atoms with E-state index in [9.17, 15) is 14.4 Å². The van der Waals surface area contributed by atoms with Crippen molar-refractivity contribution < 1.29 is 23.9 Å². The van der Waals surface area contributed by atoms with Crippen LogP contribution in [0.25, 0.3) is 0 Å². The Morgan fingerprint density at radius 2 is 1.64 bits per heavy atom. The van der Waals surface area contributed by atoms with Crippen LogP contribution in [0.15, 0.2) is 54.6 Å². The van der Waals surface area contributed by atoms with Crippen molar-refractivity contribution in [1.82, 2.24) is 5.32 Å². The first kappa shape index (κ1) is 21.1. The largest absolute Gasteiger partial charge is 0.454 e. The van der Waals surface area contributed by atoms with Gasteiger partial charge in [-0.2, -0.15) is 0 Å². The fourth-order valence-electron chi connectivity index (χ4n) is 2.45. The maximum atomic E-state index is 12.7. The Kier molecular flexibility index (Phi) is 8.17. The Bertz CT molecular complexity index is 807. The fraction of sp³-hybridized carbons (Fsp3) is 0.286. The normalized spacial score (nSPS) is 11.4. The topological polar surface area (TPSA) is 93.7 Å². The molecule has 2 amide bonds. The first-order valence-electron chi connectivity index (χ1n) is 8.99. The number of carbonyl (C=O) groups excluding carboxylic acids is 3. The number of hydrogen-bond acceptors (Lipinski definition) is 5. The molecule has 0 spiro atoms. The maximum Gasteiger partial charge on any atom is 0.332 e. The Morgan fingerprint density at radius 3 is 2.36 bits per heavy atom. The number of rotatable bonds is 9. The number of anilines is 1. The zero-order chi connectivity index (χ0) is 20.4. The van der Waals surface area contributed by atoms with Crippen molar-refractivity contribution in [2.24, 2.45) is 0 Å². The molecular weight excluding hydrogens is 360 g/mol. The van der Waals surface area contributed by atoms with Gasteiger partial charge >= 0.3 is 5.97 Å². The van der Waals surface area contributed by atoms with Crippen molar-refractivity contribution in [2.45, 2.75) is 19.9 Å². The van der Waals surface area contributed by atoms with Crippen LogP contribution in [0, 0.1) is 0 Å². The highest BCUT2D eigenvalue weighted by atomic mass is 16.6. The molecule has 2 rings (SSSR count). The van der Waals surface area contributed by atoms with Crippen LogP contribution in [0.4, 0.5) is 5.69 Å². The average Bonchev–Trinajstić information content (AvgIpc) is 2.71. The van der Waals surface area contributed by atoms with Crippen molar-refractivity contribution in [1.29, 1.82) is 0 Å². The summed E-state index contributed by atoms with van der Waals surface area (Å²) >= 11 is 0. The molecule has 0 fully saturated rings. The summed E-state index contributed by atoms with van der Waals surface area (Å²) in [5.74, 6) is -1.48. The summed E-state index contributed by atoms with van der Waals surface area (Å²) < 4.78 is 9.73. The van der Waals surface area contributed by atoms with E-state index in [1.807, 2.05) is 37.3 Å². The lowest BCUT2D eigenvalue weighted by Crippen LogP contribution is -2.28. The lowest BCUT2D eigenvalue weighted by atomic mass is 10.1. The molecule has 0 aromatic heterocycles. The molecule has 0 bridgehead atoms. The SMILES string of the molecule is CCOCC(=O)OCC(=O)Nc1ccccc1C(=O)NC(C)c1ccccc1. The second-order valence-electron chi connectivity index (χ2n) is 6.00. The number of esters is 1. The zero-order valence-corrected chi connectivity index (χ0v) is 15.9. The van der Waals surface area contributed by atoms with Crippen LogP contribution in [0.2, 0.25) is 0 Å². The third kappa shape index (κ3) is 6.51. The molecule has 0 aliphatic heterocycles. The van der Waals surface area contributed by atoms with E-state index in [1.54, 1.807) is 31.2 Å². The second-order valence-corrected chi connectivity index (χ2v) is 6.00. The third-order valence-corrected chi connectivity index (χ3v) is 3.88. The number of carbonyl (C=O) groups is 3. The molecule has 148 valence electrons. The van der Waals surface area contributed by atoms with Crippen molar-refractivity contribution in [3.05, 3.63) is 65.7 Å². The van der Waals surface area contributed by atoms with Crippen LogP contribution in [-0.2, 0) is 19.1 Å². The lowest BCUT2D eigenvalue weighted by Gasteiger charge is -2.16. The van der Waals surface area contributed by atoms with E-state index in [0.29, 0.717) is 17.9 Å². The summed E-state index contributed by atoms with van der Waals surface area (Å²) in [6.07, 6.45) is 0. The molecule has 2 aromatic rings. The molecule has 28 heavy (non-hydrogen) atoms. The lowest BCUT2D eigenvalue weighted by molar-refractivity contribution is -0.151. The first-order valence-corrected chi connectivity index (χ1v) is 8.99. The van der Waals surface area contributed by atoms with Gasteiger partial charge in [-0.1, -0.05) is 42.5 Å². The molecule has 2 aromatic carbocycles. The van der Waals surface area contributed by atoms with Gasteiger partial charge in [0.05, 0.1) is 17.3 Å². The molecule has 0 aliphatic carbocycles. The van der Waals surface area contributed by atoms with E-state index in [0.717, 1.165) is 5.56 Å². The molecule has 1 unspecified atom stereocenters. The van der Waals surface area contributed by atoms with E-state index in [-0.39, 0.29) is 18.6 Å². The number of ether oxygens (including phenoxy) is 2. The van der Waals surface area contributed by atoms with Gasteiger partial charge in [0, 0.05) is 6.61 Å². The monoisotopic (exact) mass is 384 g/mol. The summed E-state index contributed by atoms with van der Waals surface area (Å²) in [6, 6.07) is 16.0. The van der Waals surface area contributed by atoms with Gasteiger partial charge in [0.25, 0.3) is 11.8 Å². The highest BCUT2D eigenvalue weighted by molar-refractivity contribution is 6.04. The van der Waals surface area contributed by atoms with E-state index in [2.05, 4.69) is 10.6 Å². The van der Waals surface area contributed by atoms with Crippen molar-refractivity contribution in [3.63, 3.8) is 0 Å². The van der Waals surface area contributed by atoms with Crippen LogP contribution < -0.4 is 10.6 Å². The van der Waals surface area contributed by atoms with E-state index >= 15 is 0 Å². The van der Waals surface area contributed by atoms with Gasteiger partial charge in [0.15, 0.2) is 6.61 Å². The first-order chi connectivity index (χ1) is 13.5. The maximum absolute atomic E-state index is 12.7. The minimum atomic E-state index is -0.625. The number of benzene rings is 2. The van der Waals surface area contributed by atoms with Crippen LogP contribution in [-0.4, -0.2) is 37.6 Å². The Labute approximate surface area is 164 Å². The number of amides is 2. The van der Waals surface area contributed by atoms with Gasteiger partial charge in [0.2, 0.25) is 0 Å². The molecule has 1 atom stereocenters. The second kappa shape index (κ2) is 10.8. The summed E-state index contributed by atoms with van der Waals surface area (Å²) in [6.45, 7) is 3.35. The van der Waals surface area contributed by atoms with Gasteiger partial charge in [-0.15, -0.1) is 0 Å². The van der Waals surface area contributed by atoms with Gasteiger partial charge in [0.1, 0.15) is 6.61 Å². The minimum absolute atomic E-state index is 0.197. The predicted molar refractivity (Wildman–Crippen MR) is 105 cm³/mol. The van der Waals surface area contributed by atoms with Gasteiger partial charge in [-0.05, 0) is 31.5 Å². The van der Waals surface area contributed by atoms with Gasteiger partial charge in [-0.25, -0.2) is 4.79 Å². The molecule has 7 nitrogen and oxygen atoms in total. The number of hydrogen-bond donors (Lipinski definition) is 2. The van der Waals surface area contributed by atoms with Crippen molar-refractivity contribution in [3.8, 4) is 0 Å². The molecule has 2 N–H and O–H groups in total. The molecule has 0 heterocycles. The summed E-state index contributed by atoms with van der Waals surface area (Å²) in [5, 5.41) is 5.51. The summed E-state index contributed by atoms with van der Waals surface area (Å²) in [7, 11) is 0. The van der Waals surface area contributed by atoms with Gasteiger partial charge in [-0.3, -0.25) is 9.59 Å². The Balaban J connectivity index is 1.97. The zero-order valence-electron chi connectivity index (χ0n) is 15.9. The molecule has 0 radical (unpaired) electrons. The Hall–Kier alpha value is -3.19. The summed E-state index contributed by atoms with van der Waals surface area (Å²) in [5.41, 5.74) is 1.63. The van der Waals surface area contributed by atoms with Gasteiger partial charge < -0.3 is 20.1 Å². The van der Waals surface area contributed by atoms with Crippen molar-refractivity contribution in [2.75, 3.05) is 25.1 Å². The Morgan fingerprint density at radius 1 is 0.964 bits per heavy atom. The number of para-hydroxylation sites is 1. The third-order valence-electron chi connectivity index (χ3n) is 3.88. The van der Waals surface area contributed by atoms with Crippen molar-refractivity contribution >= 4 is 23.5 Å². The predicted octanol–water partition coefficient (Wildman–Crippen LogP) is 2.70. The average molecular weight is 384 g/mol. The van der Waals surface area contributed by atoms with E-state index in [1.165, 1.54) is 0 Å². The quantitative estimate of drug-likeness (QED) is 0.649. The number of nitrogens with one attached hydrogen (secondary N) is 2. The van der Waals surface area contributed by atoms with Crippen LogP contribution in [0.1, 0.15) is 35.8 Å². The van der Waals surface area contributed by atoms with E-state index in [4.69, 9.17) is 9.47 Å². The molecule has 7 heteroatoms. The molecule has 0 saturated heterocycles. The van der Waals surface area contributed by atoms with Crippen LogP contribution in [0.3, 0.4) is 0 Å². The highest BCUT2D eigenvalue weighted by Crippen LogP contribution is 2.18. The minimum Gasteiger partial charge on any atom is -0.454 e. The van der Waals surface area contributed by atoms with E-state index < -0.39 is 18.5 Å². The summed E-state index contributed by atoms with van der Waals surface area (Å²) in [4.78, 5) is 36.1. The van der Waals surface area contributed by atoms with Crippen LogP contribution in [0.5, 0.6) is 0 Å². The molecular formula is C21H24N2O5. The molecule has 0 saturated carbocycles.